The fraction of sp³-hybridized carbons (Fsp3) is 0.400. The van der Waals surface area contributed by atoms with Crippen molar-refractivity contribution in [2.75, 3.05) is 10.2 Å². The summed E-state index contributed by atoms with van der Waals surface area (Å²) in [6.45, 7) is 0. The van der Waals surface area contributed by atoms with Crippen LogP contribution in [-0.4, -0.2) is 34.8 Å². The lowest BCUT2D eigenvalue weighted by molar-refractivity contribution is -0.137. The molecule has 1 spiro atoms. The largest absolute Gasteiger partial charge is 0.481 e. The number of carbonyl (C=O) groups is 4. The van der Waals surface area contributed by atoms with Gasteiger partial charge in [-0.3, -0.25) is 24.5 Å². The van der Waals surface area contributed by atoms with Gasteiger partial charge in [0, 0.05) is 28.6 Å². The van der Waals surface area contributed by atoms with Crippen LogP contribution in [0.15, 0.2) is 24.3 Å². The summed E-state index contributed by atoms with van der Waals surface area (Å²) >= 11 is 1.31. The molecule has 0 bridgehead atoms. The molecule has 4 heterocycles. The first-order valence-corrected chi connectivity index (χ1v) is 12.5. The molecule has 3 N–H and O–H groups in total. The van der Waals surface area contributed by atoms with Crippen LogP contribution >= 0.6 is 11.3 Å². The molecule has 3 aliphatic heterocycles. The van der Waals surface area contributed by atoms with Gasteiger partial charge in [0.1, 0.15) is 16.6 Å². The molecule has 2 aromatic rings. The van der Waals surface area contributed by atoms with Crippen molar-refractivity contribution in [1.82, 2.24) is 5.32 Å². The molecule has 0 saturated carbocycles. The second-order valence-corrected chi connectivity index (χ2v) is 10.6. The maximum atomic E-state index is 14.0. The first kappa shape index (κ1) is 21.9. The van der Waals surface area contributed by atoms with E-state index in [1.807, 2.05) is 0 Å². The van der Waals surface area contributed by atoms with E-state index in [1.165, 1.54) is 11.3 Å². The number of aryl methyl sites for hydroxylation is 1. The fourth-order valence-corrected chi connectivity index (χ4v) is 7.66. The summed E-state index contributed by atoms with van der Waals surface area (Å²) < 4.78 is 0. The van der Waals surface area contributed by atoms with Crippen molar-refractivity contribution in [3.05, 3.63) is 45.8 Å². The van der Waals surface area contributed by atoms with E-state index >= 15 is 0 Å². The Bertz CT molecular complexity index is 1360. The predicted molar refractivity (Wildman–Crippen MR) is 126 cm³/mol. The average molecular weight is 491 g/mol. The van der Waals surface area contributed by atoms with Crippen molar-refractivity contribution in [1.29, 1.82) is 5.26 Å². The summed E-state index contributed by atoms with van der Waals surface area (Å²) in [5.74, 6) is -4.40. The first-order valence-electron chi connectivity index (χ1n) is 11.7. The molecule has 1 aliphatic carbocycles. The number of anilines is 2. The number of hydrogen-bond donors (Lipinski definition) is 3. The Hall–Kier alpha value is -3.55. The van der Waals surface area contributed by atoms with Crippen LogP contribution < -0.4 is 15.5 Å². The summed E-state index contributed by atoms with van der Waals surface area (Å²) in [7, 11) is 0. The summed E-state index contributed by atoms with van der Waals surface area (Å²) in [6.07, 6.45) is 3.37. The van der Waals surface area contributed by atoms with Crippen molar-refractivity contribution in [2.45, 2.75) is 50.1 Å². The number of para-hydroxylation sites is 1. The Morgan fingerprint density at radius 2 is 1.97 bits per heavy atom. The fourth-order valence-electron chi connectivity index (χ4n) is 6.31. The van der Waals surface area contributed by atoms with Gasteiger partial charge in [-0.1, -0.05) is 18.2 Å². The number of amides is 3. The normalized spacial score (nSPS) is 28.6. The Morgan fingerprint density at radius 1 is 1.20 bits per heavy atom. The first-order chi connectivity index (χ1) is 16.9. The van der Waals surface area contributed by atoms with Crippen molar-refractivity contribution in [2.24, 2.45) is 11.8 Å². The zero-order chi connectivity index (χ0) is 24.5. The molecule has 0 unspecified atom stereocenters. The van der Waals surface area contributed by atoms with Gasteiger partial charge < -0.3 is 10.4 Å². The van der Waals surface area contributed by atoms with Gasteiger partial charge in [0.15, 0.2) is 0 Å². The highest BCUT2D eigenvalue weighted by Crippen LogP contribution is 2.55. The van der Waals surface area contributed by atoms with Crippen LogP contribution in [0.4, 0.5) is 10.7 Å². The van der Waals surface area contributed by atoms with Crippen LogP contribution in [-0.2, 0) is 37.6 Å². The highest BCUT2D eigenvalue weighted by atomic mass is 32.1. The number of benzene rings is 1. The number of imide groups is 1. The number of thiophene rings is 1. The number of hydrogen-bond acceptors (Lipinski definition) is 7. The number of aliphatic carboxylic acids is 1. The second-order valence-electron chi connectivity index (χ2n) is 9.51. The van der Waals surface area contributed by atoms with Crippen LogP contribution in [0.5, 0.6) is 0 Å². The van der Waals surface area contributed by atoms with Crippen LogP contribution in [0.2, 0.25) is 0 Å². The Morgan fingerprint density at radius 3 is 2.74 bits per heavy atom. The Labute approximate surface area is 204 Å². The van der Waals surface area contributed by atoms with E-state index in [0.717, 1.165) is 41.0 Å². The van der Waals surface area contributed by atoms with E-state index in [2.05, 4.69) is 16.7 Å². The minimum atomic E-state index is -1.48. The number of carbonyl (C=O) groups excluding carboxylic acids is 3. The minimum absolute atomic E-state index is 0.0899. The van der Waals surface area contributed by atoms with Crippen LogP contribution in [0.1, 0.15) is 47.3 Å². The van der Waals surface area contributed by atoms with Gasteiger partial charge >= 0.3 is 5.97 Å². The summed E-state index contributed by atoms with van der Waals surface area (Å²) in [5, 5.41) is 25.6. The lowest BCUT2D eigenvalue weighted by Crippen LogP contribution is -2.53. The number of carboxylic acid groups (broad SMARTS) is 1. The average Bonchev–Trinajstić information content (AvgIpc) is 3.53. The van der Waals surface area contributed by atoms with E-state index in [-0.39, 0.29) is 12.8 Å². The number of rotatable bonds is 4. The third kappa shape index (κ3) is 2.88. The Balaban J connectivity index is 1.50. The summed E-state index contributed by atoms with van der Waals surface area (Å²) in [6, 6.07) is 8.56. The molecule has 1 aromatic heterocycles. The van der Waals surface area contributed by atoms with Gasteiger partial charge in [-0.05, 0) is 43.7 Å². The van der Waals surface area contributed by atoms with Gasteiger partial charge in [0.2, 0.25) is 17.7 Å². The molecule has 6 rings (SSSR count). The van der Waals surface area contributed by atoms with E-state index in [9.17, 15) is 29.5 Å². The van der Waals surface area contributed by atoms with E-state index < -0.39 is 47.1 Å². The molecule has 9 nitrogen and oxygen atoms in total. The van der Waals surface area contributed by atoms with E-state index in [4.69, 9.17) is 0 Å². The zero-order valence-electron chi connectivity index (χ0n) is 18.7. The van der Waals surface area contributed by atoms with E-state index in [1.54, 1.807) is 24.3 Å². The van der Waals surface area contributed by atoms with Gasteiger partial charge in [-0.15, -0.1) is 11.3 Å². The van der Waals surface area contributed by atoms with Crippen LogP contribution in [0.25, 0.3) is 0 Å². The molecular formula is C25H22N4O5S. The van der Waals surface area contributed by atoms with Gasteiger partial charge in [-0.2, -0.15) is 5.26 Å². The lowest BCUT2D eigenvalue weighted by atomic mass is 9.76. The molecule has 2 fully saturated rings. The Kier molecular flexibility index (Phi) is 4.85. The minimum Gasteiger partial charge on any atom is -0.481 e. The second kappa shape index (κ2) is 7.73. The molecule has 4 atom stereocenters. The third-order valence-electron chi connectivity index (χ3n) is 7.76. The predicted octanol–water partition coefficient (Wildman–Crippen LogP) is 2.29. The molecule has 1 aromatic carbocycles. The highest BCUT2D eigenvalue weighted by molar-refractivity contribution is 7.17. The maximum absolute atomic E-state index is 14.0. The lowest BCUT2D eigenvalue weighted by Gasteiger charge is -2.29. The van der Waals surface area contributed by atoms with Crippen LogP contribution in [0, 0.1) is 23.2 Å². The molecular weight excluding hydrogens is 468 g/mol. The summed E-state index contributed by atoms with van der Waals surface area (Å²) in [4.78, 5) is 54.8. The zero-order valence-corrected chi connectivity index (χ0v) is 19.5. The van der Waals surface area contributed by atoms with Crippen molar-refractivity contribution in [3.63, 3.8) is 0 Å². The van der Waals surface area contributed by atoms with Crippen molar-refractivity contribution >= 4 is 45.7 Å². The van der Waals surface area contributed by atoms with Crippen molar-refractivity contribution < 1.29 is 24.3 Å². The molecule has 35 heavy (non-hydrogen) atoms. The molecule has 10 heteroatoms. The van der Waals surface area contributed by atoms with E-state index in [0.29, 0.717) is 21.8 Å². The topological polar surface area (TPSA) is 140 Å². The number of nitriles is 1. The van der Waals surface area contributed by atoms with Gasteiger partial charge in [0.25, 0.3) is 0 Å². The third-order valence-corrected chi connectivity index (χ3v) is 9.04. The molecule has 0 radical (unpaired) electrons. The number of nitrogens with one attached hydrogen (secondary N) is 2. The highest BCUT2D eigenvalue weighted by Gasteiger charge is 2.70. The van der Waals surface area contributed by atoms with Crippen molar-refractivity contribution in [3.8, 4) is 6.07 Å². The molecule has 2 saturated heterocycles. The number of fused-ring (bicyclic) bond motifs is 5. The monoisotopic (exact) mass is 490 g/mol. The number of nitrogens with zero attached hydrogens (tertiary/aromatic N) is 2. The smallest absolute Gasteiger partial charge is 0.303 e. The van der Waals surface area contributed by atoms with Gasteiger partial charge in [0.05, 0.1) is 17.4 Å². The van der Waals surface area contributed by atoms with Gasteiger partial charge in [-0.25, -0.2) is 4.90 Å². The molecule has 4 aliphatic rings. The van der Waals surface area contributed by atoms with Crippen LogP contribution in [0.3, 0.4) is 0 Å². The molecule has 178 valence electrons. The maximum Gasteiger partial charge on any atom is 0.303 e. The summed E-state index contributed by atoms with van der Waals surface area (Å²) in [5.41, 5.74) is 0.940. The quantitative estimate of drug-likeness (QED) is 0.559. The molecule has 3 amide bonds. The number of carboxylic acids is 1. The standard InChI is InChI=1S/C25H22N4O5S/c26-11-13-12-5-1-4-8-17(12)35-23(13)29-21(32)19-16(9-10-18(30)31)28-25(20(19)22(29)33)14-6-2-3-7-15(14)27-24(25)34/h2-3,6-7,16,19-20,28H,1,4-5,8-10H2,(H,27,34)(H,30,31)/t16-,19+,20-,25-/m0/s1. The SMILES string of the molecule is N#Cc1c(N2C(=O)[C@@H]3[C@H](CCC(=O)O)N[C@]4(C(=O)Nc5ccccc54)[C@@H]3C2=O)sc2c1CCCC2.